The number of nitrogens with two attached hydrogens (primary N) is 1. The molecule has 36 heavy (non-hydrogen) atoms. The number of aromatic amines is 1. The summed E-state index contributed by atoms with van der Waals surface area (Å²) in [6.07, 6.45) is 1.64. The van der Waals surface area contributed by atoms with Crippen LogP contribution in [0.25, 0.3) is 11.1 Å². The molecule has 0 saturated carbocycles. The summed E-state index contributed by atoms with van der Waals surface area (Å²) in [5.74, 6) is -2.70. The van der Waals surface area contributed by atoms with Gasteiger partial charge in [-0.15, -0.1) is 0 Å². The fraction of sp³-hybridized carbons (Fsp3) is 0.192. The number of hydrogen-bond donors (Lipinski definition) is 2. The molecule has 2 heterocycles. The molecule has 3 aromatic rings. The Morgan fingerprint density at radius 1 is 1.11 bits per heavy atom. The summed E-state index contributed by atoms with van der Waals surface area (Å²) in [6, 6.07) is 7.45. The van der Waals surface area contributed by atoms with Crippen LogP contribution in [-0.2, 0) is 0 Å². The maximum Gasteiger partial charge on any atom is 0.256 e. The van der Waals surface area contributed by atoms with Crippen LogP contribution in [0.4, 0.5) is 13.2 Å². The first-order chi connectivity index (χ1) is 17.1. The van der Waals surface area contributed by atoms with Crippen LogP contribution in [0.1, 0.15) is 29.3 Å². The number of aliphatic imine (C=N–C) groups is 1. The van der Waals surface area contributed by atoms with E-state index in [-0.39, 0.29) is 40.2 Å². The van der Waals surface area contributed by atoms with Crippen molar-refractivity contribution in [2.24, 2.45) is 10.7 Å². The Hall–Kier alpha value is -3.85. The van der Waals surface area contributed by atoms with Gasteiger partial charge >= 0.3 is 0 Å². The molecule has 186 valence electrons. The van der Waals surface area contributed by atoms with Gasteiger partial charge in [0.15, 0.2) is 0 Å². The largest absolute Gasteiger partial charge is 0.400 e. The number of aromatic nitrogens is 1. The lowest BCUT2D eigenvalue weighted by molar-refractivity contribution is 0.0706. The van der Waals surface area contributed by atoms with Gasteiger partial charge in [0.1, 0.15) is 17.5 Å². The summed E-state index contributed by atoms with van der Waals surface area (Å²) in [5.41, 5.74) is 8.12. The van der Waals surface area contributed by atoms with Gasteiger partial charge in [0, 0.05) is 54.3 Å². The molecule has 0 unspecified atom stereocenters. The fourth-order valence-corrected chi connectivity index (χ4v) is 4.64. The molecule has 10 heteroatoms. The number of benzene rings is 2. The Bertz CT molecular complexity index is 1440. The van der Waals surface area contributed by atoms with Crippen molar-refractivity contribution in [2.45, 2.75) is 19.4 Å². The number of rotatable bonds is 4. The molecule has 1 aliphatic heterocycles. The molecular weight excluding hydrogens is 493 g/mol. The van der Waals surface area contributed by atoms with E-state index >= 15 is 0 Å². The Morgan fingerprint density at radius 3 is 2.39 bits per heavy atom. The Kier molecular flexibility index (Phi) is 7.03. The van der Waals surface area contributed by atoms with Gasteiger partial charge in [0.05, 0.1) is 22.3 Å². The summed E-state index contributed by atoms with van der Waals surface area (Å²) in [4.78, 5) is 33.0. The van der Waals surface area contributed by atoms with Crippen LogP contribution in [0, 0.1) is 17.5 Å². The smallest absolute Gasteiger partial charge is 0.256 e. The zero-order chi connectivity index (χ0) is 26.1. The highest BCUT2D eigenvalue weighted by Crippen LogP contribution is 2.34. The molecule has 0 bridgehead atoms. The molecule has 6 nitrogen and oxygen atoms in total. The number of nitrogens with one attached hydrogen (secondary N) is 1. The molecule has 1 atom stereocenters. The SMILES string of the molecule is CN=C(C1=C(N)[C@@H](C)N(C(=O)c2cc(F)cc(-c3ccc(=O)[nH]c3)c2Cl)CC1)c1cc(F)cc(F)c1. The van der Waals surface area contributed by atoms with Crippen molar-refractivity contribution in [3.63, 3.8) is 0 Å². The van der Waals surface area contributed by atoms with Crippen molar-refractivity contribution < 1.29 is 18.0 Å². The van der Waals surface area contributed by atoms with Gasteiger partial charge in [0.2, 0.25) is 5.56 Å². The third-order valence-electron chi connectivity index (χ3n) is 6.14. The molecule has 3 N–H and O–H groups in total. The summed E-state index contributed by atoms with van der Waals surface area (Å²) in [5, 5.41) is 0.0278. The first-order valence-corrected chi connectivity index (χ1v) is 11.4. The normalized spacial score (nSPS) is 16.4. The minimum atomic E-state index is -0.745. The molecule has 0 spiro atoms. The highest BCUT2D eigenvalue weighted by Gasteiger charge is 2.32. The number of H-pyrrole nitrogens is 1. The Morgan fingerprint density at radius 2 is 1.78 bits per heavy atom. The first kappa shape index (κ1) is 25.2. The van der Waals surface area contributed by atoms with Crippen LogP contribution in [0.5, 0.6) is 0 Å². The first-order valence-electron chi connectivity index (χ1n) is 11.0. The van der Waals surface area contributed by atoms with Crippen LogP contribution < -0.4 is 11.3 Å². The average Bonchev–Trinajstić information content (AvgIpc) is 2.83. The van der Waals surface area contributed by atoms with Crippen molar-refractivity contribution in [1.29, 1.82) is 0 Å². The number of halogens is 4. The molecule has 4 rings (SSSR count). The monoisotopic (exact) mass is 514 g/mol. The van der Waals surface area contributed by atoms with Gasteiger partial charge in [-0.2, -0.15) is 0 Å². The van der Waals surface area contributed by atoms with Gasteiger partial charge in [-0.1, -0.05) is 11.6 Å². The molecule has 0 radical (unpaired) electrons. The van der Waals surface area contributed by atoms with E-state index in [1.165, 1.54) is 48.5 Å². The Labute approximate surface area is 209 Å². The zero-order valence-electron chi connectivity index (χ0n) is 19.4. The maximum atomic E-state index is 14.5. The van der Waals surface area contributed by atoms with Crippen molar-refractivity contribution in [3.05, 3.63) is 104 Å². The van der Waals surface area contributed by atoms with Crippen LogP contribution in [0.2, 0.25) is 5.02 Å². The van der Waals surface area contributed by atoms with Gasteiger partial charge in [-0.05, 0) is 49.2 Å². The lowest BCUT2D eigenvalue weighted by atomic mass is 9.91. The van der Waals surface area contributed by atoms with E-state index in [1.807, 2.05) is 0 Å². The van der Waals surface area contributed by atoms with E-state index in [9.17, 15) is 22.8 Å². The van der Waals surface area contributed by atoms with Crippen LogP contribution in [0.15, 0.2) is 69.7 Å². The summed E-state index contributed by atoms with van der Waals surface area (Å²) in [6.45, 7) is 1.88. The molecule has 0 fully saturated rings. The standard InChI is InChI=1S/C26H22ClF3N4O2/c1-13-24(31)19(25(32-2)15-7-16(28)9-17(29)8-15)5-6-34(13)26(36)21-11-18(30)10-20(23(21)27)14-3-4-22(35)33-12-14/h3-4,7-13H,5-6,31H2,1-2H3,(H,33,35)/t13-/m1/s1. The number of carbonyl (C=O) groups is 1. The number of hydrogen-bond acceptors (Lipinski definition) is 4. The fourth-order valence-electron chi connectivity index (χ4n) is 4.34. The van der Waals surface area contributed by atoms with Crippen molar-refractivity contribution in [2.75, 3.05) is 13.6 Å². The van der Waals surface area contributed by atoms with E-state index in [2.05, 4.69) is 9.98 Å². The Balaban J connectivity index is 1.69. The van der Waals surface area contributed by atoms with Crippen LogP contribution >= 0.6 is 11.6 Å². The third-order valence-corrected chi connectivity index (χ3v) is 6.55. The van der Waals surface area contributed by atoms with E-state index in [4.69, 9.17) is 17.3 Å². The highest BCUT2D eigenvalue weighted by molar-refractivity contribution is 6.36. The lowest BCUT2D eigenvalue weighted by Crippen LogP contribution is -2.46. The molecule has 1 aromatic heterocycles. The predicted octanol–water partition coefficient (Wildman–Crippen LogP) is 4.68. The minimum absolute atomic E-state index is 0.0278. The van der Waals surface area contributed by atoms with Crippen molar-refractivity contribution in [1.82, 2.24) is 9.88 Å². The average molecular weight is 515 g/mol. The zero-order valence-corrected chi connectivity index (χ0v) is 20.2. The highest BCUT2D eigenvalue weighted by atomic mass is 35.5. The van der Waals surface area contributed by atoms with Crippen molar-refractivity contribution >= 4 is 23.2 Å². The number of pyridine rings is 1. The summed E-state index contributed by atoms with van der Waals surface area (Å²) < 4.78 is 42.2. The minimum Gasteiger partial charge on any atom is -0.400 e. The van der Waals surface area contributed by atoms with Crippen LogP contribution in [0.3, 0.4) is 0 Å². The van der Waals surface area contributed by atoms with Crippen LogP contribution in [-0.4, -0.2) is 41.1 Å². The predicted molar refractivity (Wildman–Crippen MR) is 133 cm³/mol. The molecule has 0 aliphatic carbocycles. The summed E-state index contributed by atoms with van der Waals surface area (Å²) in [7, 11) is 1.49. The second-order valence-corrected chi connectivity index (χ2v) is 8.72. The van der Waals surface area contributed by atoms with E-state index in [0.29, 0.717) is 22.5 Å². The van der Waals surface area contributed by atoms with E-state index in [1.54, 1.807) is 6.92 Å². The number of nitrogens with zero attached hydrogens (tertiary/aromatic N) is 2. The summed E-state index contributed by atoms with van der Waals surface area (Å²) >= 11 is 6.52. The maximum absolute atomic E-state index is 14.5. The molecule has 2 aromatic carbocycles. The van der Waals surface area contributed by atoms with E-state index < -0.39 is 29.4 Å². The number of amides is 1. The third kappa shape index (κ3) is 4.79. The van der Waals surface area contributed by atoms with Gasteiger partial charge in [-0.3, -0.25) is 14.6 Å². The molecular formula is C26H22ClF3N4O2. The topological polar surface area (TPSA) is 91.5 Å². The second-order valence-electron chi connectivity index (χ2n) is 8.35. The molecule has 0 saturated heterocycles. The van der Waals surface area contributed by atoms with Crippen molar-refractivity contribution in [3.8, 4) is 11.1 Å². The molecule has 1 amide bonds. The van der Waals surface area contributed by atoms with E-state index in [0.717, 1.165) is 12.1 Å². The number of carbonyl (C=O) groups excluding carboxylic acids is 1. The lowest BCUT2D eigenvalue weighted by Gasteiger charge is -2.36. The quantitative estimate of drug-likeness (QED) is 0.495. The molecule has 1 aliphatic rings. The van der Waals surface area contributed by atoms with Gasteiger partial charge < -0.3 is 15.6 Å². The van der Waals surface area contributed by atoms with Gasteiger partial charge in [-0.25, -0.2) is 13.2 Å². The second kappa shape index (κ2) is 10.0. The van der Waals surface area contributed by atoms with Gasteiger partial charge in [0.25, 0.3) is 5.91 Å².